The Bertz CT molecular complexity index is 541. The van der Waals surface area contributed by atoms with E-state index in [2.05, 4.69) is 0 Å². The molecule has 0 aliphatic heterocycles. The van der Waals surface area contributed by atoms with Crippen LogP contribution in [0.4, 0.5) is 5.69 Å². The van der Waals surface area contributed by atoms with Gasteiger partial charge < -0.3 is 20.4 Å². The maximum atomic E-state index is 11.7. The molecule has 114 valence electrons. The Kier molecular flexibility index (Phi) is 5.61. The molecule has 0 aliphatic carbocycles. The van der Waals surface area contributed by atoms with E-state index >= 15 is 0 Å². The molecule has 3 atom stereocenters. The minimum Gasteiger partial charge on any atom is -0.394 e. The predicted octanol–water partition coefficient (Wildman–Crippen LogP) is -1.58. The molecule has 0 bridgehead atoms. The van der Waals surface area contributed by atoms with Crippen LogP contribution in [0.3, 0.4) is 0 Å². The van der Waals surface area contributed by atoms with Crippen molar-refractivity contribution in [1.29, 1.82) is 0 Å². The minimum atomic E-state index is -2.21. The molecule has 0 saturated carbocycles. The molecular weight excluding hydrogens is 286 g/mol. The smallest absolute Gasteiger partial charge is 0.269 e. The average Bonchev–Trinajstić information content (AvgIpc) is 2.51. The molecule has 0 spiro atoms. The summed E-state index contributed by atoms with van der Waals surface area (Å²) in [6, 6.07) is 4.07. The second-order valence-corrected chi connectivity index (χ2v) is 4.18. The van der Waals surface area contributed by atoms with Crippen molar-refractivity contribution < 1.29 is 34.9 Å². The second kappa shape index (κ2) is 6.99. The van der Waals surface area contributed by atoms with Crippen molar-refractivity contribution in [2.75, 3.05) is 6.61 Å². The monoisotopic (exact) mass is 299 g/mol. The molecule has 21 heavy (non-hydrogen) atoms. The van der Waals surface area contributed by atoms with Gasteiger partial charge in [-0.25, -0.2) is 0 Å². The van der Waals surface area contributed by atoms with Gasteiger partial charge >= 0.3 is 0 Å². The normalized spacial score (nSPS) is 15.0. The van der Waals surface area contributed by atoms with Crippen LogP contribution in [0.2, 0.25) is 0 Å². The van der Waals surface area contributed by atoms with Gasteiger partial charge in [-0.05, 0) is 12.1 Å². The molecule has 0 fully saturated rings. The van der Waals surface area contributed by atoms with Gasteiger partial charge in [-0.3, -0.25) is 19.7 Å². The first-order valence-corrected chi connectivity index (χ1v) is 5.77. The lowest BCUT2D eigenvalue weighted by Crippen LogP contribution is -2.46. The van der Waals surface area contributed by atoms with Gasteiger partial charge in [0.15, 0.2) is 0 Å². The Labute approximate surface area is 118 Å². The number of hydrogen-bond donors (Lipinski definition) is 4. The molecule has 0 aromatic heterocycles. The van der Waals surface area contributed by atoms with Crippen molar-refractivity contribution >= 4 is 17.3 Å². The standard InChI is InChI=1S/C12H13NO8/c14-5-8(15)10(17)12(19)11(18)9(16)6-1-3-7(4-2-6)13(20)21/h1-4,8,10,12,14-15,17,19H,5H2/t8-,10-,12+/m0/s1. The van der Waals surface area contributed by atoms with Crippen molar-refractivity contribution in [3.05, 3.63) is 39.9 Å². The molecule has 1 rings (SSSR count). The predicted molar refractivity (Wildman–Crippen MR) is 67.5 cm³/mol. The number of hydrogen-bond acceptors (Lipinski definition) is 8. The second-order valence-electron chi connectivity index (χ2n) is 4.18. The summed E-state index contributed by atoms with van der Waals surface area (Å²) in [6.07, 6.45) is -6.02. The van der Waals surface area contributed by atoms with E-state index < -0.39 is 41.4 Å². The number of carbonyl (C=O) groups is 2. The van der Waals surface area contributed by atoms with Crippen molar-refractivity contribution in [2.24, 2.45) is 0 Å². The average molecular weight is 299 g/mol. The van der Waals surface area contributed by atoms with Crippen LogP contribution in [-0.4, -0.2) is 61.8 Å². The topological polar surface area (TPSA) is 158 Å². The molecular formula is C12H13NO8. The van der Waals surface area contributed by atoms with Gasteiger partial charge in [-0.1, -0.05) is 0 Å². The number of rotatable bonds is 7. The molecule has 0 amide bonds. The largest absolute Gasteiger partial charge is 0.394 e. The summed E-state index contributed by atoms with van der Waals surface area (Å²) in [6.45, 7) is -0.906. The molecule has 1 aromatic carbocycles. The number of Topliss-reactive ketones (excluding diaryl/α,β-unsaturated/α-hetero) is 2. The van der Waals surface area contributed by atoms with Crippen LogP contribution in [0.5, 0.6) is 0 Å². The molecule has 9 nitrogen and oxygen atoms in total. The van der Waals surface area contributed by atoms with E-state index in [9.17, 15) is 29.9 Å². The summed E-state index contributed by atoms with van der Waals surface area (Å²) in [5.74, 6) is -2.58. The van der Waals surface area contributed by atoms with Gasteiger partial charge in [0, 0.05) is 17.7 Å². The molecule has 9 heteroatoms. The highest BCUT2D eigenvalue weighted by Crippen LogP contribution is 2.14. The Hall–Kier alpha value is -2.20. The van der Waals surface area contributed by atoms with Gasteiger partial charge in [0.2, 0.25) is 11.6 Å². The zero-order chi connectivity index (χ0) is 16.2. The third-order valence-corrected chi connectivity index (χ3v) is 2.74. The molecule has 1 aromatic rings. The number of aliphatic hydroxyl groups excluding tert-OH is 4. The van der Waals surface area contributed by atoms with E-state index in [4.69, 9.17) is 10.2 Å². The van der Waals surface area contributed by atoms with E-state index in [1.54, 1.807) is 0 Å². The minimum absolute atomic E-state index is 0.213. The summed E-state index contributed by atoms with van der Waals surface area (Å²) in [5.41, 5.74) is -0.495. The van der Waals surface area contributed by atoms with Crippen LogP contribution in [0.25, 0.3) is 0 Å². The van der Waals surface area contributed by atoms with Crippen LogP contribution < -0.4 is 0 Å². The lowest BCUT2D eigenvalue weighted by Gasteiger charge is -2.19. The van der Waals surface area contributed by atoms with Crippen molar-refractivity contribution in [3.8, 4) is 0 Å². The summed E-state index contributed by atoms with van der Waals surface area (Å²) in [5, 5.41) is 47.0. The molecule has 0 radical (unpaired) electrons. The highest BCUT2D eigenvalue weighted by molar-refractivity contribution is 6.45. The maximum Gasteiger partial charge on any atom is 0.269 e. The first-order chi connectivity index (χ1) is 9.79. The highest BCUT2D eigenvalue weighted by Gasteiger charge is 2.34. The molecule has 0 unspecified atom stereocenters. The molecule has 0 heterocycles. The van der Waals surface area contributed by atoms with Gasteiger partial charge in [0.1, 0.15) is 18.3 Å². The van der Waals surface area contributed by atoms with E-state index in [0.717, 1.165) is 24.3 Å². The molecule has 4 N–H and O–H groups in total. The summed E-state index contributed by atoms with van der Waals surface area (Å²) in [7, 11) is 0. The Morgan fingerprint density at radius 3 is 2.10 bits per heavy atom. The van der Waals surface area contributed by atoms with E-state index in [0.29, 0.717) is 0 Å². The fourth-order valence-electron chi connectivity index (χ4n) is 1.48. The first kappa shape index (κ1) is 16.9. The van der Waals surface area contributed by atoms with Crippen molar-refractivity contribution in [3.63, 3.8) is 0 Å². The Balaban J connectivity index is 2.87. The van der Waals surface area contributed by atoms with Crippen LogP contribution in [0.15, 0.2) is 24.3 Å². The number of non-ortho nitro benzene ring substituents is 1. The van der Waals surface area contributed by atoms with Gasteiger partial charge in [0.05, 0.1) is 11.5 Å². The van der Waals surface area contributed by atoms with Crippen molar-refractivity contribution in [1.82, 2.24) is 0 Å². The van der Waals surface area contributed by atoms with E-state index in [1.807, 2.05) is 0 Å². The lowest BCUT2D eigenvalue weighted by atomic mass is 9.98. The Morgan fingerprint density at radius 2 is 1.67 bits per heavy atom. The zero-order valence-electron chi connectivity index (χ0n) is 10.6. The number of nitro benzene ring substituents is 1. The highest BCUT2D eigenvalue weighted by atomic mass is 16.6. The van der Waals surface area contributed by atoms with Gasteiger partial charge in [0.25, 0.3) is 5.69 Å². The number of nitro groups is 1. The fourth-order valence-corrected chi connectivity index (χ4v) is 1.48. The number of aliphatic hydroxyl groups is 4. The number of carbonyl (C=O) groups excluding carboxylic acids is 2. The van der Waals surface area contributed by atoms with E-state index in [-0.39, 0.29) is 11.3 Å². The fraction of sp³-hybridized carbons (Fsp3) is 0.333. The van der Waals surface area contributed by atoms with Gasteiger partial charge in [-0.2, -0.15) is 0 Å². The summed E-state index contributed by atoms with van der Waals surface area (Å²) < 4.78 is 0. The summed E-state index contributed by atoms with van der Waals surface area (Å²) in [4.78, 5) is 33.1. The van der Waals surface area contributed by atoms with E-state index in [1.165, 1.54) is 0 Å². The van der Waals surface area contributed by atoms with Crippen LogP contribution >= 0.6 is 0 Å². The molecule has 0 saturated heterocycles. The Morgan fingerprint density at radius 1 is 1.14 bits per heavy atom. The third kappa shape index (κ3) is 3.89. The lowest BCUT2D eigenvalue weighted by molar-refractivity contribution is -0.384. The van der Waals surface area contributed by atoms with Crippen LogP contribution in [0.1, 0.15) is 10.4 Å². The zero-order valence-corrected chi connectivity index (χ0v) is 10.6. The van der Waals surface area contributed by atoms with Gasteiger partial charge in [-0.15, -0.1) is 0 Å². The number of ketones is 2. The van der Waals surface area contributed by atoms with Crippen LogP contribution in [0, 0.1) is 10.1 Å². The molecule has 0 aliphatic rings. The maximum absolute atomic E-state index is 11.7. The SMILES string of the molecule is O=C(C(=O)[C@H](O)[C@@H](O)[C@@H](O)CO)c1ccc([N+](=O)[O-])cc1. The quantitative estimate of drug-likeness (QED) is 0.203. The first-order valence-electron chi connectivity index (χ1n) is 5.77. The summed E-state index contributed by atoms with van der Waals surface area (Å²) >= 11 is 0. The number of nitrogens with zero attached hydrogens (tertiary/aromatic N) is 1. The van der Waals surface area contributed by atoms with Crippen molar-refractivity contribution in [2.45, 2.75) is 18.3 Å². The van der Waals surface area contributed by atoms with Crippen LogP contribution in [-0.2, 0) is 4.79 Å². The third-order valence-electron chi connectivity index (χ3n) is 2.74. The number of benzene rings is 1.